The van der Waals surface area contributed by atoms with E-state index in [1.54, 1.807) is 0 Å². The van der Waals surface area contributed by atoms with Crippen molar-refractivity contribution in [2.45, 2.75) is 0 Å². The standard InChI is InChI=1S/C4H4O5.2Li/c5-3-7-1-2-8-4(6)9-3;;/h1-2H2;;. The van der Waals surface area contributed by atoms with E-state index in [1.165, 1.54) is 0 Å². The Balaban J connectivity index is 0. The van der Waals surface area contributed by atoms with Crippen molar-refractivity contribution in [1.29, 1.82) is 0 Å². The largest absolute Gasteiger partial charge is 0.518 e. The maximum absolute atomic E-state index is 10.1. The maximum Gasteiger partial charge on any atom is 0.518 e. The van der Waals surface area contributed by atoms with Crippen LogP contribution in [0.3, 0.4) is 0 Å². The van der Waals surface area contributed by atoms with Crippen LogP contribution in [0.1, 0.15) is 0 Å². The minimum absolute atomic E-state index is 0. The van der Waals surface area contributed by atoms with Crippen molar-refractivity contribution in [2.75, 3.05) is 13.2 Å². The molecule has 52 valence electrons. The Kier molecular flexibility index (Phi) is 8.15. The first kappa shape index (κ1) is 13.5. The number of cyclic esters (lactones) is 4. The van der Waals surface area contributed by atoms with Crippen LogP contribution in [-0.2, 0) is 14.2 Å². The molecular formula is C4H4Li2O5. The summed E-state index contributed by atoms with van der Waals surface area (Å²) in [5, 5.41) is 0. The van der Waals surface area contributed by atoms with Gasteiger partial charge in [0.15, 0.2) is 0 Å². The molecule has 7 heteroatoms. The van der Waals surface area contributed by atoms with E-state index in [-0.39, 0.29) is 50.9 Å². The number of ether oxygens (including phenoxy) is 3. The van der Waals surface area contributed by atoms with E-state index in [4.69, 9.17) is 0 Å². The fourth-order valence-corrected chi connectivity index (χ4v) is 0.377. The van der Waals surface area contributed by atoms with Gasteiger partial charge in [-0.3, -0.25) is 0 Å². The summed E-state index contributed by atoms with van der Waals surface area (Å²) < 4.78 is 12.4. The summed E-state index contributed by atoms with van der Waals surface area (Å²) in [6, 6.07) is 0. The van der Waals surface area contributed by atoms with E-state index in [0.717, 1.165) is 0 Å². The third-order valence-electron chi connectivity index (χ3n) is 0.690. The molecule has 1 saturated heterocycles. The maximum atomic E-state index is 10.1. The van der Waals surface area contributed by atoms with Gasteiger partial charge in [-0.15, -0.1) is 0 Å². The summed E-state index contributed by atoms with van der Waals surface area (Å²) in [5.74, 6) is 0. The topological polar surface area (TPSA) is 61.8 Å². The first-order valence-corrected chi connectivity index (χ1v) is 2.30. The Hall–Kier alpha value is -0.0652. The average Bonchev–Trinajstić information content (AvgIpc) is 1.93. The molecular weight excluding hydrogens is 142 g/mol. The van der Waals surface area contributed by atoms with E-state index < -0.39 is 12.3 Å². The molecule has 1 rings (SSSR count). The average molecular weight is 146 g/mol. The van der Waals surface area contributed by atoms with Crippen LogP contribution in [0.2, 0.25) is 0 Å². The predicted molar refractivity (Wildman–Crippen MR) is 35.3 cm³/mol. The molecule has 0 N–H and O–H groups in total. The normalized spacial score (nSPS) is 15.6. The van der Waals surface area contributed by atoms with Crippen LogP contribution in [-0.4, -0.2) is 63.2 Å². The molecule has 0 aliphatic carbocycles. The van der Waals surface area contributed by atoms with Crippen LogP contribution in [0.15, 0.2) is 0 Å². The van der Waals surface area contributed by atoms with Gasteiger partial charge < -0.3 is 14.2 Å². The monoisotopic (exact) mass is 146 g/mol. The van der Waals surface area contributed by atoms with Gasteiger partial charge in [0.25, 0.3) is 0 Å². The fraction of sp³-hybridized carbons (Fsp3) is 0.500. The van der Waals surface area contributed by atoms with Crippen LogP contribution in [0.5, 0.6) is 0 Å². The van der Waals surface area contributed by atoms with Crippen molar-refractivity contribution in [3.8, 4) is 0 Å². The molecule has 1 aliphatic rings. The molecule has 0 amide bonds. The van der Waals surface area contributed by atoms with Gasteiger partial charge >= 0.3 is 12.3 Å². The van der Waals surface area contributed by atoms with E-state index in [2.05, 4.69) is 14.2 Å². The minimum atomic E-state index is -1.00. The number of rotatable bonds is 0. The van der Waals surface area contributed by atoms with Gasteiger partial charge in [0, 0.05) is 37.7 Å². The second-order valence-corrected chi connectivity index (χ2v) is 1.30. The molecule has 0 spiro atoms. The summed E-state index contributed by atoms with van der Waals surface area (Å²) in [6.45, 7) is 0.120. The predicted octanol–water partition coefficient (Wildman–Crippen LogP) is -0.472. The van der Waals surface area contributed by atoms with Gasteiger partial charge in [-0.25, -0.2) is 9.59 Å². The molecule has 0 aromatic heterocycles. The number of hydrogen-bond donors (Lipinski definition) is 0. The Morgan fingerprint density at radius 1 is 0.909 bits per heavy atom. The van der Waals surface area contributed by atoms with Gasteiger partial charge in [0.1, 0.15) is 13.2 Å². The zero-order valence-electron chi connectivity index (χ0n) is 6.46. The van der Waals surface area contributed by atoms with Crippen LogP contribution < -0.4 is 0 Å². The summed E-state index contributed by atoms with van der Waals surface area (Å²) in [5.41, 5.74) is 0. The zero-order valence-corrected chi connectivity index (χ0v) is 6.46. The third-order valence-corrected chi connectivity index (χ3v) is 0.690. The van der Waals surface area contributed by atoms with Gasteiger partial charge in [-0.1, -0.05) is 0 Å². The van der Waals surface area contributed by atoms with E-state index >= 15 is 0 Å². The van der Waals surface area contributed by atoms with Gasteiger partial charge in [0.2, 0.25) is 0 Å². The van der Waals surface area contributed by atoms with Gasteiger partial charge in [0.05, 0.1) is 0 Å². The SMILES string of the molecule is O=C1OCCOC(=O)O1.[Li].[Li]. The molecule has 0 aromatic carbocycles. The van der Waals surface area contributed by atoms with Crippen molar-refractivity contribution < 1.29 is 23.8 Å². The van der Waals surface area contributed by atoms with Gasteiger partial charge in [-0.05, 0) is 0 Å². The molecule has 1 aliphatic heterocycles. The molecule has 0 aromatic rings. The van der Waals surface area contributed by atoms with Crippen molar-refractivity contribution in [2.24, 2.45) is 0 Å². The van der Waals surface area contributed by atoms with Gasteiger partial charge in [-0.2, -0.15) is 0 Å². The number of carbonyl (C=O) groups excluding carboxylic acids is 2. The van der Waals surface area contributed by atoms with E-state index in [0.29, 0.717) is 0 Å². The molecule has 11 heavy (non-hydrogen) atoms. The molecule has 0 unspecified atom stereocenters. The number of hydrogen-bond acceptors (Lipinski definition) is 5. The van der Waals surface area contributed by atoms with Crippen molar-refractivity contribution >= 4 is 50.0 Å². The molecule has 2 radical (unpaired) electrons. The summed E-state index contributed by atoms with van der Waals surface area (Å²) in [4.78, 5) is 20.3. The Labute approximate surface area is 87.1 Å². The third kappa shape index (κ3) is 5.23. The smallest absolute Gasteiger partial charge is 0.430 e. The second-order valence-electron chi connectivity index (χ2n) is 1.30. The van der Waals surface area contributed by atoms with Crippen LogP contribution in [0.4, 0.5) is 9.59 Å². The molecule has 5 nitrogen and oxygen atoms in total. The molecule has 0 bridgehead atoms. The first-order chi connectivity index (χ1) is 4.29. The van der Waals surface area contributed by atoms with Crippen molar-refractivity contribution in [3.63, 3.8) is 0 Å². The number of carbonyl (C=O) groups is 2. The fourth-order valence-electron chi connectivity index (χ4n) is 0.377. The molecule has 1 fully saturated rings. The summed E-state index contributed by atoms with van der Waals surface area (Å²) in [7, 11) is 0. The summed E-state index contributed by atoms with van der Waals surface area (Å²) >= 11 is 0. The van der Waals surface area contributed by atoms with Crippen molar-refractivity contribution in [1.82, 2.24) is 0 Å². The van der Waals surface area contributed by atoms with Crippen LogP contribution in [0, 0.1) is 0 Å². The van der Waals surface area contributed by atoms with Crippen LogP contribution in [0.25, 0.3) is 0 Å². The molecule has 1 heterocycles. The Bertz CT molecular complexity index is 131. The summed E-state index contributed by atoms with van der Waals surface area (Å²) in [6.07, 6.45) is -2.00. The second kappa shape index (κ2) is 6.63. The Morgan fingerprint density at radius 2 is 1.27 bits per heavy atom. The molecule has 0 saturated carbocycles. The van der Waals surface area contributed by atoms with E-state index in [9.17, 15) is 9.59 Å². The van der Waals surface area contributed by atoms with Crippen LogP contribution >= 0.6 is 0 Å². The Morgan fingerprint density at radius 3 is 1.64 bits per heavy atom. The molecule has 0 atom stereocenters. The van der Waals surface area contributed by atoms with E-state index in [1.807, 2.05) is 0 Å². The minimum Gasteiger partial charge on any atom is -0.430 e. The zero-order chi connectivity index (χ0) is 6.69. The van der Waals surface area contributed by atoms with Crippen molar-refractivity contribution in [3.05, 3.63) is 0 Å². The first-order valence-electron chi connectivity index (χ1n) is 2.30. The quantitative estimate of drug-likeness (QED) is 0.262.